The smallest absolute Gasteiger partial charge is 0.257 e. The summed E-state index contributed by atoms with van der Waals surface area (Å²) in [4.78, 5) is 17.4. The first-order chi connectivity index (χ1) is 12.9. The van der Waals surface area contributed by atoms with Gasteiger partial charge in [0, 0.05) is 36.9 Å². The van der Waals surface area contributed by atoms with E-state index in [-0.39, 0.29) is 5.91 Å². The van der Waals surface area contributed by atoms with Gasteiger partial charge in [-0.05, 0) is 49.4 Å². The van der Waals surface area contributed by atoms with Gasteiger partial charge >= 0.3 is 0 Å². The number of carbonyl (C=O) groups is 1. The summed E-state index contributed by atoms with van der Waals surface area (Å²) in [5, 5.41) is 3.68. The second kappa shape index (κ2) is 8.38. The topological polar surface area (TPSA) is 61.6 Å². The largest absolute Gasteiger partial charge is 0.397 e. The normalized spacial score (nSPS) is 15.0. The van der Waals surface area contributed by atoms with Crippen LogP contribution < -0.4 is 16.0 Å². The molecule has 5 nitrogen and oxygen atoms in total. The van der Waals surface area contributed by atoms with Crippen LogP contribution in [0.2, 0.25) is 10.0 Å². The molecule has 0 spiro atoms. The minimum Gasteiger partial charge on any atom is -0.397 e. The molecule has 2 aromatic rings. The summed E-state index contributed by atoms with van der Waals surface area (Å²) in [7, 11) is 0. The summed E-state index contributed by atoms with van der Waals surface area (Å²) >= 11 is 12.1. The third-order valence-electron chi connectivity index (χ3n) is 4.95. The number of halogens is 2. The first-order valence-electron chi connectivity index (χ1n) is 9.03. The van der Waals surface area contributed by atoms with Gasteiger partial charge in [-0.1, -0.05) is 30.1 Å². The maximum absolute atomic E-state index is 12.6. The van der Waals surface area contributed by atoms with Crippen molar-refractivity contribution in [2.75, 3.05) is 48.7 Å². The van der Waals surface area contributed by atoms with Gasteiger partial charge in [-0.2, -0.15) is 0 Å². The highest BCUT2D eigenvalue weighted by atomic mass is 35.5. The van der Waals surface area contributed by atoms with E-state index in [0.717, 1.165) is 44.0 Å². The molecule has 3 N–H and O–H groups in total. The van der Waals surface area contributed by atoms with Crippen molar-refractivity contribution in [3.8, 4) is 0 Å². The second-order valence-electron chi connectivity index (χ2n) is 6.73. The highest BCUT2D eigenvalue weighted by Crippen LogP contribution is 2.31. The van der Waals surface area contributed by atoms with Gasteiger partial charge in [0.2, 0.25) is 0 Å². The SMILES string of the molecule is CCN1CCN(c2cc(NC(=O)c3ccc(Cl)cc3Cl)c(N)cc2C)CC1. The zero-order chi connectivity index (χ0) is 19.6. The first kappa shape index (κ1) is 19.8. The van der Waals surface area contributed by atoms with Gasteiger partial charge in [-0.3, -0.25) is 4.79 Å². The van der Waals surface area contributed by atoms with Crippen LogP contribution in [0.4, 0.5) is 17.1 Å². The van der Waals surface area contributed by atoms with Crippen LogP contribution in [0.1, 0.15) is 22.8 Å². The molecule has 2 aromatic carbocycles. The van der Waals surface area contributed by atoms with Crippen LogP contribution in [0.5, 0.6) is 0 Å². The van der Waals surface area contributed by atoms with Crippen molar-refractivity contribution >= 4 is 46.2 Å². The van der Waals surface area contributed by atoms with Crippen LogP contribution in [-0.4, -0.2) is 43.5 Å². The standard InChI is InChI=1S/C20H24Cl2N4O/c1-3-25-6-8-26(9-7-25)19-12-18(17(23)10-13(19)2)24-20(27)15-5-4-14(21)11-16(15)22/h4-5,10-12H,3,6-9,23H2,1-2H3,(H,24,27). The molecule has 1 aliphatic rings. The Morgan fingerprint density at radius 1 is 1.15 bits per heavy atom. The number of hydrogen-bond acceptors (Lipinski definition) is 4. The van der Waals surface area contributed by atoms with Gasteiger partial charge in [0.15, 0.2) is 0 Å². The van der Waals surface area contributed by atoms with Crippen LogP contribution in [-0.2, 0) is 0 Å². The summed E-state index contributed by atoms with van der Waals surface area (Å²) in [5.74, 6) is -0.311. The molecule has 0 aromatic heterocycles. The van der Waals surface area contributed by atoms with E-state index < -0.39 is 0 Å². The number of benzene rings is 2. The van der Waals surface area contributed by atoms with E-state index in [1.54, 1.807) is 18.2 Å². The van der Waals surface area contributed by atoms with Crippen molar-refractivity contribution in [3.05, 3.63) is 51.5 Å². The molecule has 1 heterocycles. The molecule has 7 heteroatoms. The van der Waals surface area contributed by atoms with Crippen molar-refractivity contribution in [2.24, 2.45) is 0 Å². The number of amides is 1. The van der Waals surface area contributed by atoms with Crippen LogP contribution in [0.15, 0.2) is 30.3 Å². The lowest BCUT2D eigenvalue weighted by molar-refractivity contribution is 0.102. The monoisotopic (exact) mass is 406 g/mol. The van der Waals surface area contributed by atoms with E-state index in [4.69, 9.17) is 28.9 Å². The zero-order valence-electron chi connectivity index (χ0n) is 15.6. The summed E-state index contributed by atoms with van der Waals surface area (Å²) in [6.07, 6.45) is 0. The molecule has 1 saturated heterocycles. The van der Waals surface area contributed by atoms with Crippen LogP contribution >= 0.6 is 23.2 Å². The average molecular weight is 407 g/mol. The van der Waals surface area contributed by atoms with E-state index in [9.17, 15) is 4.79 Å². The van der Waals surface area contributed by atoms with E-state index in [1.165, 1.54) is 0 Å². The number of piperazine rings is 1. The fourth-order valence-corrected chi connectivity index (χ4v) is 3.83. The summed E-state index contributed by atoms with van der Waals surface area (Å²) in [5.41, 5.74) is 9.83. The Labute approximate surface area is 170 Å². The lowest BCUT2D eigenvalue weighted by Crippen LogP contribution is -2.46. The summed E-state index contributed by atoms with van der Waals surface area (Å²) in [6.45, 7) is 9.26. The maximum Gasteiger partial charge on any atom is 0.257 e. The lowest BCUT2D eigenvalue weighted by atomic mass is 10.1. The minimum atomic E-state index is -0.311. The predicted molar refractivity (Wildman–Crippen MR) is 114 cm³/mol. The molecular weight excluding hydrogens is 383 g/mol. The van der Waals surface area contributed by atoms with Crippen molar-refractivity contribution in [2.45, 2.75) is 13.8 Å². The zero-order valence-corrected chi connectivity index (χ0v) is 17.1. The van der Waals surface area contributed by atoms with Gasteiger partial charge in [-0.25, -0.2) is 0 Å². The predicted octanol–water partition coefficient (Wildman–Crippen LogP) is 4.28. The number of nitrogens with two attached hydrogens (primary N) is 1. The van der Waals surface area contributed by atoms with E-state index in [0.29, 0.717) is 27.0 Å². The van der Waals surface area contributed by atoms with E-state index in [2.05, 4.69) is 22.0 Å². The number of rotatable bonds is 4. The third-order valence-corrected chi connectivity index (χ3v) is 5.50. The number of nitrogens with zero attached hydrogens (tertiary/aromatic N) is 2. The summed E-state index contributed by atoms with van der Waals surface area (Å²) in [6, 6.07) is 8.65. The molecule has 1 amide bonds. The number of nitrogens with one attached hydrogen (secondary N) is 1. The number of hydrogen-bond donors (Lipinski definition) is 2. The highest BCUT2D eigenvalue weighted by Gasteiger charge is 2.19. The van der Waals surface area contributed by atoms with Crippen molar-refractivity contribution in [1.29, 1.82) is 0 Å². The molecule has 0 aliphatic carbocycles. The molecule has 0 unspecified atom stereocenters. The van der Waals surface area contributed by atoms with Crippen LogP contribution in [0.3, 0.4) is 0 Å². The molecule has 0 saturated carbocycles. The lowest BCUT2D eigenvalue weighted by Gasteiger charge is -2.36. The Morgan fingerprint density at radius 3 is 2.48 bits per heavy atom. The Bertz CT molecular complexity index is 848. The van der Waals surface area contributed by atoms with Crippen molar-refractivity contribution in [3.63, 3.8) is 0 Å². The number of anilines is 3. The Balaban J connectivity index is 1.82. The van der Waals surface area contributed by atoms with Gasteiger partial charge in [-0.15, -0.1) is 0 Å². The fourth-order valence-electron chi connectivity index (χ4n) is 3.34. The second-order valence-corrected chi connectivity index (χ2v) is 7.57. The number of aryl methyl sites for hydroxylation is 1. The minimum absolute atomic E-state index is 0.307. The molecule has 144 valence electrons. The Morgan fingerprint density at radius 2 is 1.85 bits per heavy atom. The summed E-state index contributed by atoms with van der Waals surface area (Å²) < 4.78 is 0. The number of nitrogen functional groups attached to an aromatic ring is 1. The molecule has 0 bridgehead atoms. The quantitative estimate of drug-likeness (QED) is 0.743. The molecule has 0 radical (unpaired) electrons. The first-order valence-corrected chi connectivity index (χ1v) is 9.78. The molecule has 0 atom stereocenters. The molecule has 1 aliphatic heterocycles. The molecular formula is C20H24Cl2N4O. The van der Waals surface area contributed by atoms with Gasteiger partial charge in [0.1, 0.15) is 0 Å². The van der Waals surface area contributed by atoms with Gasteiger partial charge in [0.05, 0.1) is 22.0 Å². The average Bonchev–Trinajstić information content (AvgIpc) is 2.64. The molecule has 3 rings (SSSR count). The molecule has 1 fully saturated rings. The van der Waals surface area contributed by atoms with Crippen LogP contribution in [0, 0.1) is 6.92 Å². The Kier molecular flexibility index (Phi) is 6.15. The van der Waals surface area contributed by atoms with Crippen molar-refractivity contribution < 1.29 is 4.79 Å². The van der Waals surface area contributed by atoms with Crippen molar-refractivity contribution in [1.82, 2.24) is 4.90 Å². The van der Waals surface area contributed by atoms with Gasteiger partial charge < -0.3 is 20.9 Å². The fraction of sp³-hybridized carbons (Fsp3) is 0.350. The van der Waals surface area contributed by atoms with E-state index in [1.807, 2.05) is 19.1 Å². The highest BCUT2D eigenvalue weighted by molar-refractivity contribution is 6.37. The number of carbonyl (C=O) groups excluding carboxylic acids is 1. The maximum atomic E-state index is 12.6. The number of likely N-dealkylation sites (N-methyl/N-ethyl adjacent to an activating group) is 1. The molecule has 27 heavy (non-hydrogen) atoms. The Hall–Kier alpha value is -1.95. The van der Waals surface area contributed by atoms with E-state index >= 15 is 0 Å². The van der Waals surface area contributed by atoms with Crippen LogP contribution in [0.25, 0.3) is 0 Å². The van der Waals surface area contributed by atoms with Gasteiger partial charge in [0.25, 0.3) is 5.91 Å². The third kappa shape index (κ3) is 4.49.